The predicted molar refractivity (Wildman–Crippen MR) is 61.4 cm³/mol. The minimum absolute atomic E-state index is 0.0255. The van der Waals surface area contributed by atoms with Crippen molar-refractivity contribution >= 4 is 11.6 Å². The molecule has 0 atom stereocenters. The highest BCUT2D eigenvalue weighted by molar-refractivity contribution is 6.30. The molecule has 78 valence electrons. The van der Waals surface area contributed by atoms with E-state index < -0.39 is 0 Å². The molecule has 0 aliphatic carbocycles. The van der Waals surface area contributed by atoms with Crippen molar-refractivity contribution in [2.75, 3.05) is 6.54 Å². The van der Waals surface area contributed by atoms with Gasteiger partial charge in [-0.2, -0.15) is 0 Å². The smallest absolute Gasteiger partial charge is 0.0409 e. The molecule has 0 heterocycles. The lowest BCUT2D eigenvalue weighted by Gasteiger charge is -2.24. The van der Waals surface area contributed by atoms with Gasteiger partial charge in [0.1, 0.15) is 0 Å². The molecule has 0 bridgehead atoms. The van der Waals surface area contributed by atoms with Crippen molar-refractivity contribution in [2.24, 2.45) is 5.73 Å². The average molecular weight is 213 g/mol. The van der Waals surface area contributed by atoms with Crippen LogP contribution >= 0.6 is 11.6 Å². The summed E-state index contributed by atoms with van der Waals surface area (Å²) < 4.78 is 0. The van der Waals surface area contributed by atoms with Crippen LogP contribution in [0.5, 0.6) is 0 Å². The average Bonchev–Trinajstić information content (AvgIpc) is 2.15. The Bertz CT molecular complexity index is 297. The minimum Gasteiger partial charge on any atom is -0.329 e. The Morgan fingerprint density at radius 3 is 2.71 bits per heavy atom. The van der Waals surface area contributed by atoms with Crippen molar-refractivity contribution in [2.45, 2.75) is 25.9 Å². The summed E-state index contributed by atoms with van der Waals surface area (Å²) in [4.78, 5) is 0. The summed E-state index contributed by atoms with van der Waals surface area (Å²) in [6.45, 7) is 5.58. The molecule has 0 fully saturated rings. The number of rotatable bonds is 4. The third kappa shape index (κ3) is 3.66. The van der Waals surface area contributed by atoms with E-state index >= 15 is 0 Å². The van der Waals surface area contributed by atoms with Gasteiger partial charge in [0, 0.05) is 23.7 Å². The summed E-state index contributed by atoms with van der Waals surface area (Å²) in [7, 11) is 0. The Morgan fingerprint density at radius 2 is 2.14 bits per heavy atom. The molecule has 0 radical (unpaired) electrons. The van der Waals surface area contributed by atoms with Crippen LogP contribution in [-0.4, -0.2) is 12.1 Å². The number of benzene rings is 1. The van der Waals surface area contributed by atoms with Crippen molar-refractivity contribution in [3.05, 3.63) is 34.9 Å². The minimum atomic E-state index is -0.0255. The Hall–Kier alpha value is -0.570. The van der Waals surface area contributed by atoms with Gasteiger partial charge in [0.2, 0.25) is 0 Å². The van der Waals surface area contributed by atoms with Crippen molar-refractivity contribution < 1.29 is 0 Å². The molecule has 14 heavy (non-hydrogen) atoms. The van der Waals surface area contributed by atoms with Crippen molar-refractivity contribution in [3.8, 4) is 0 Å². The van der Waals surface area contributed by atoms with Crippen LogP contribution in [0.15, 0.2) is 24.3 Å². The number of hydrogen-bond acceptors (Lipinski definition) is 2. The molecule has 0 saturated carbocycles. The molecule has 0 aliphatic rings. The van der Waals surface area contributed by atoms with E-state index in [0.29, 0.717) is 6.54 Å². The summed E-state index contributed by atoms with van der Waals surface area (Å²) in [6, 6.07) is 7.83. The van der Waals surface area contributed by atoms with Crippen molar-refractivity contribution in [1.29, 1.82) is 0 Å². The van der Waals surface area contributed by atoms with Crippen LogP contribution in [0.4, 0.5) is 0 Å². The van der Waals surface area contributed by atoms with Gasteiger partial charge in [-0.1, -0.05) is 23.7 Å². The molecule has 1 aromatic rings. The maximum atomic E-state index is 5.88. The number of hydrogen-bond donors (Lipinski definition) is 2. The zero-order chi connectivity index (χ0) is 10.6. The van der Waals surface area contributed by atoms with E-state index in [2.05, 4.69) is 19.2 Å². The van der Waals surface area contributed by atoms with Crippen molar-refractivity contribution in [3.63, 3.8) is 0 Å². The van der Waals surface area contributed by atoms with Crippen LogP contribution in [0.3, 0.4) is 0 Å². The van der Waals surface area contributed by atoms with E-state index in [-0.39, 0.29) is 5.54 Å². The van der Waals surface area contributed by atoms with Crippen LogP contribution in [-0.2, 0) is 6.54 Å². The monoisotopic (exact) mass is 212 g/mol. The summed E-state index contributed by atoms with van der Waals surface area (Å²) >= 11 is 5.88. The van der Waals surface area contributed by atoms with Gasteiger partial charge in [0.25, 0.3) is 0 Å². The van der Waals surface area contributed by atoms with Gasteiger partial charge in [-0.25, -0.2) is 0 Å². The quantitative estimate of drug-likeness (QED) is 0.803. The first-order chi connectivity index (χ1) is 6.53. The summed E-state index contributed by atoms with van der Waals surface area (Å²) in [5.41, 5.74) is 6.77. The second kappa shape index (κ2) is 4.78. The lowest BCUT2D eigenvalue weighted by atomic mass is 10.1. The van der Waals surface area contributed by atoms with Gasteiger partial charge in [-0.3, -0.25) is 0 Å². The molecule has 3 heteroatoms. The highest BCUT2D eigenvalue weighted by Gasteiger charge is 2.13. The van der Waals surface area contributed by atoms with E-state index in [9.17, 15) is 0 Å². The zero-order valence-electron chi connectivity index (χ0n) is 8.68. The van der Waals surface area contributed by atoms with Gasteiger partial charge in [0.15, 0.2) is 0 Å². The van der Waals surface area contributed by atoms with Gasteiger partial charge in [0.05, 0.1) is 0 Å². The summed E-state index contributed by atoms with van der Waals surface area (Å²) in [5.74, 6) is 0. The van der Waals surface area contributed by atoms with Crippen molar-refractivity contribution in [1.82, 2.24) is 5.32 Å². The Balaban J connectivity index is 2.54. The third-order valence-corrected chi connectivity index (χ3v) is 2.41. The molecule has 0 unspecified atom stereocenters. The summed E-state index contributed by atoms with van der Waals surface area (Å²) in [5, 5.41) is 4.14. The van der Waals surface area contributed by atoms with E-state index in [4.69, 9.17) is 17.3 Å². The molecule has 0 amide bonds. The molecule has 1 rings (SSSR count). The molecule has 0 spiro atoms. The van der Waals surface area contributed by atoms with Gasteiger partial charge in [-0.05, 0) is 31.5 Å². The first-order valence-corrected chi connectivity index (χ1v) is 5.11. The van der Waals surface area contributed by atoms with Crippen LogP contribution in [0.25, 0.3) is 0 Å². The first kappa shape index (κ1) is 11.5. The largest absolute Gasteiger partial charge is 0.329 e. The standard InChI is InChI=1S/C11H17ClN2/c1-11(2,8-13)14-7-9-4-3-5-10(12)6-9/h3-6,14H,7-8,13H2,1-2H3. The SMILES string of the molecule is CC(C)(CN)NCc1cccc(Cl)c1. The van der Waals surface area contributed by atoms with Crippen LogP contribution in [0.1, 0.15) is 19.4 Å². The molecule has 0 saturated heterocycles. The molecular formula is C11H17ClN2. The Morgan fingerprint density at radius 1 is 1.43 bits per heavy atom. The lowest BCUT2D eigenvalue weighted by Crippen LogP contribution is -2.45. The maximum Gasteiger partial charge on any atom is 0.0409 e. The van der Waals surface area contributed by atoms with Crippen LogP contribution < -0.4 is 11.1 Å². The van der Waals surface area contributed by atoms with Crippen LogP contribution in [0.2, 0.25) is 5.02 Å². The normalized spacial score (nSPS) is 11.7. The summed E-state index contributed by atoms with van der Waals surface area (Å²) in [6.07, 6.45) is 0. The second-order valence-corrected chi connectivity index (χ2v) is 4.51. The Labute approximate surface area is 90.4 Å². The highest BCUT2D eigenvalue weighted by atomic mass is 35.5. The number of halogens is 1. The Kier molecular flexibility index (Phi) is 3.93. The van der Waals surface area contributed by atoms with E-state index in [1.807, 2.05) is 24.3 Å². The topological polar surface area (TPSA) is 38.0 Å². The number of nitrogens with two attached hydrogens (primary N) is 1. The zero-order valence-corrected chi connectivity index (χ0v) is 9.43. The molecule has 2 nitrogen and oxygen atoms in total. The molecule has 0 aromatic heterocycles. The van der Waals surface area contributed by atoms with Gasteiger partial charge in [-0.15, -0.1) is 0 Å². The maximum absolute atomic E-state index is 5.88. The van der Waals surface area contributed by atoms with E-state index in [0.717, 1.165) is 11.6 Å². The van der Waals surface area contributed by atoms with Crippen LogP contribution in [0, 0.1) is 0 Å². The van der Waals surface area contributed by atoms with E-state index in [1.165, 1.54) is 5.56 Å². The fraction of sp³-hybridized carbons (Fsp3) is 0.455. The van der Waals surface area contributed by atoms with Gasteiger partial charge >= 0.3 is 0 Å². The predicted octanol–water partition coefficient (Wildman–Crippen LogP) is 2.17. The van der Waals surface area contributed by atoms with E-state index in [1.54, 1.807) is 0 Å². The lowest BCUT2D eigenvalue weighted by molar-refractivity contribution is 0.397. The second-order valence-electron chi connectivity index (χ2n) is 4.07. The molecular weight excluding hydrogens is 196 g/mol. The first-order valence-electron chi connectivity index (χ1n) is 4.73. The fourth-order valence-electron chi connectivity index (χ4n) is 1.06. The fourth-order valence-corrected chi connectivity index (χ4v) is 1.27. The molecule has 3 N–H and O–H groups in total. The third-order valence-electron chi connectivity index (χ3n) is 2.17. The van der Waals surface area contributed by atoms with Gasteiger partial charge < -0.3 is 11.1 Å². The molecule has 1 aromatic carbocycles. The number of nitrogens with one attached hydrogen (secondary N) is 1. The highest BCUT2D eigenvalue weighted by Crippen LogP contribution is 2.11. The molecule has 0 aliphatic heterocycles.